The van der Waals surface area contributed by atoms with Gasteiger partial charge in [-0.3, -0.25) is 9.69 Å². The predicted octanol–water partition coefficient (Wildman–Crippen LogP) is -0.604. The van der Waals surface area contributed by atoms with Crippen LogP contribution in [0.1, 0.15) is 19.8 Å². The van der Waals surface area contributed by atoms with Gasteiger partial charge in [0.15, 0.2) is 0 Å². The normalized spacial score (nSPS) is 25.1. The number of nitrogens with zero attached hydrogens (tertiary/aromatic N) is 1. The molecule has 0 aliphatic carbocycles. The third-order valence-electron chi connectivity index (χ3n) is 4.05. The molecule has 0 aromatic heterocycles. The van der Waals surface area contributed by atoms with Gasteiger partial charge in [-0.2, -0.15) is 0 Å². The van der Waals surface area contributed by atoms with Gasteiger partial charge in [0.05, 0.1) is 0 Å². The van der Waals surface area contributed by atoms with Crippen LogP contribution < -0.4 is 10.6 Å². The lowest BCUT2D eigenvalue weighted by atomic mass is 9.93. The van der Waals surface area contributed by atoms with Crippen LogP contribution in [-0.2, 0) is 14.3 Å². The molecule has 3 N–H and O–H groups in total. The molecular formula is C13H21N3O5. The van der Waals surface area contributed by atoms with E-state index in [9.17, 15) is 14.4 Å². The fourth-order valence-electron chi connectivity index (χ4n) is 2.69. The lowest BCUT2D eigenvalue weighted by Gasteiger charge is -2.35. The number of carboxylic acid groups (broad SMARTS) is 1. The Kier molecular flexibility index (Phi) is 5.00. The average molecular weight is 299 g/mol. The average Bonchev–Trinajstić information content (AvgIpc) is 2.47. The molecule has 0 spiro atoms. The maximum Gasteiger partial charge on any atom is 0.328 e. The Morgan fingerprint density at radius 3 is 2.71 bits per heavy atom. The number of nitrogens with one attached hydrogen (secondary N) is 2. The number of rotatable bonds is 3. The number of carbonyl (C=O) groups is 3. The van der Waals surface area contributed by atoms with E-state index in [2.05, 4.69) is 10.6 Å². The SMILES string of the molecule is CC(NC(=O)N1CC(=O)NCC1C(=O)O)C1CCOCC1. The highest BCUT2D eigenvalue weighted by atomic mass is 16.5. The van der Waals surface area contributed by atoms with Crippen molar-refractivity contribution < 1.29 is 24.2 Å². The molecule has 2 unspecified atom stereocenters. The fraction of sp³-hybridized carbons (Fsp3) is 0.769. The summed E-state index contributed by atoms with van der Waals surface area (Å²) >= 11 is 0. The minimum Gasteiger partial charge on any atom is -0.480 e. The first-order chi connectivity index (χ1) is 9.99. The van der Waals surface area contributed by atoms with Crippen molar-refractivity contribution in [2.75, 3.05) is 26.3 Å². The molecule has 8 nitrogen and oxygen atoms in total. The Morgan fingerprint density at radius 1 is 1.43 bits per heavy atom. The van der Waals surface area contributed by atoms with E-state index in [-0.39, 0.29) is 25.0 Å². The van der Waals surface area contributed by atoms with Crippen LogP contribution in [0, 0.1) is 5.92 Å². The fourth-order valence-corrected chi connectivity index (χ4v) is 2.69. The summed E-state index contributed by atoms with van der Waals surface area (Å²) in [5.74, 6) is -1.16. The molecule has 8 heteroatoms. The van der Waals surface area contributed by atoms with Crippen LogP contribution in [0.2, 0.25) is 0 Å². The van der Waals surface area contributed by atoms with Crippen LogP contribution in [0.4, 0.5) is 4.79 Å². The van der Waals surface area contributed by atoms with E-state index in [1.807, 2.05) is 6.92 Å². The van der Waals surface area contributed by atoms with Gasteiger partial charge in [0.1, 0.15) is 12.6 Å². The summed E-state index contributed by atoms with van der Waals surface area (Å²) < 4.78 is 5.28. The summed E-state index contributed by atoms with van der Waals surface area (Å²) in [6.45, 7) is 2.95. The van der Waals surface area contributed by atoms with Crippen molar-refractivity contribution in [3.63, 3.8) is 0 Å². The Morgan fingerprint density at radius 2 is 2.10 bits per heavy atom. The number of hydrogen-bond acceptors (Lipinski definition) is 4. The van der Waals surface area contributed by atoms with Gasteiger partial charge in [0.25, 0.3) is 0 Å². The standard InChI is InChI=1S/C13H21N3O5/c1-8(9-2-4-21-5-3-9)15-13(20)16-7-11(17)14-6-10(16)12(18)19/h8-10H,2-7H2,1H3,(H,14,17)(H,15,20)(H,18,19). The van der Waals surface area contributed by atoms with Gasteiger partial charge in [-0.1, -0.05) is 0 Å². The number of carboxylic acids is 1. The van der Waals surface area contributed by atoms with Crippen molar-refractivity contribution in [3.05, 3.63) is 0 Å². The summed E-state index contributed by atoms with van der Waals surface area (Å²) in [6, 6.07) is -1.61. The molecule has 2 saturated heterocycles. The molecule has 0 aromatic carbocycles. The van der Waals surface area contributed by atoms with Gasteiger partial charge in [-0.25, -0.2) is 9.59 Å². The largest absolute Gasteiger partial charge is 0.480 e. The molecule has 0 aromatic rings. The van der Waals surface area contributed by atoms with E-state index < -0.39 is 18.0 Å². The smallest absolute Gasteiger partial charge is 0.328 e. The quantitative estimate of drug-likeness (QED) is 0.644. The number of hydrogen-bond donors (Lipinski definition) is 3. The summed E-state index contributed by atoms with van der Waals surface area (Å²) in [4.78, 5) is 35.9. The van der Waals surface area contributed by atoms with Crippen molar-refractivity contribution in [1.29, 1.82) is 0 Å². The van der Waals surface area contributed by atoms with Crippen LogP contribution in [-0.4, -0.2) is 66.3 Å². The maximum atomic E-state index is 12.3. The molecule has 0 saturated carbocycles. The third kappa shape index (κ3) is 3.84. The van der Waals surface area contributed by atoms with E-state index in [0.717, 1.165) is 17.7 Å². The highest BCUT2D eigenvalue weighted by Gasteiger charge is 2.36. The van der Waals surface area contributed by atoms with Gasteiger partial charge in [-0.15, -0.1) is 0 Å². The summed E-state index contributed by atoms with van der Waals surface area (Å²) in [6.07, 6.45) is 1.73. The first-order valence-corrected chi connectivity index (χ1v) is 7.13. The van der Waals surface area contributed by atoms with Gasteiger partial charge in [-0.05, 0) is 25.7 Å². The predicted molar refractivity (Wildman–Crippen MR) is 72.7 cm³/mol. The van der Waals surface area contributed by atoms with E-state index in [4.69, 9.17) is 9.84 Å². The summed E-state index contributed by atoms with van der Waals surface area (Å²) in [5.41, 5.74) is 0. The Hall–Kier alpha value is -1.83. The molecule has 118 valence electrons. The van der Waals surface area contributed by atoms with Crippen molar-refractivity contribution in [3.8, 4) is 0 Å². The number of piperazine rings is 1. The van der Waals surface area contributed by atoms with Crippen LogP contribution in [0.25, 0.3) is 0 Å². The topological polar surface area (TPSA) is 108 Å². The van der Waals surface area contributed by atoms with Crippen molar-refractivity contribution in [2.45, 2.75) is 31.8 Å². The molecule has 2 rings (SSSR count). The minimum atomic E-state index is -1.12. The van der Waals surface area contributed by atoms with Gasteiger partial charge >= 0.3 is 12.0 Å². The zero-order valence-corrected chi connectivity index (χ0v) is 12.0. The lowest BCUT2D eigenvalue weighted by molar-refractivity contribution is -0.144. The van der Waals surface area contributed by atoms with E-state index >= 15 is 0 Å². The second-order valence-electron chi connectivity index (χ2n) is 5.47. The van der Waals surface area contributed by atoms with Crippen LogP contribution in [0.5, 0.6) is 0 Å². The molecule has 21 heavy (non-hydrogen) atoms. The Labute approximate surface area is 122 Å². The number of aliphatic carboxylic acids is 1. The molecule has 0 bridgehead atoms. The molecular weight excluding hydrogens is 278 g/mol. The maximum absolute atomic E-state index is 12.3. The zero-order chi connectivity index (χ0) is 15.4. The van der Waals surface area contributed by atoms with Gasteiger partial charge in [0.2, 0.25) is 5.91 Å². The highest BCUT2D eigenvalue weighted by molar-refractivity contribution is 5.90. The Bertz CT molecular complexity index is 422. The first-order valence-electron chi connectivity index (χ1n) is 7.13. The van der Waals surface area contributed by atoms with Crippen LogP contribution in [0.3, 0.4) is 0 Å². The van der Waals surface area contributed by atoms with Crippen molar-refractivity contribution >= 4 is 17.9 Å². The molecule has 2 heterocycles. The summed E-state index contributed by atoms with van der Waals surface area (Å²) in [7, 11) is 0. The van der Waals surface area contributed by atoms with E-state index in [1.165, 1.54) is 0 Å². The number of urea groups is 1. The molecule has 2 aliphatic rings. The van der Waals surface area contributed by atoms with Crippen LogP contribution >= 0.6 is 0 Å². The van der Waals surface area contributed by atoms with E-state index in [1.54, 1.807) is 0 Å². The second-order valence-corrected chi connectivity index (χ2v) is 5.47. The molecule has 3 amide bonds. The highest BCUT2D eigenvalue weighted by Crippen LogP contribution is 2.19. The third-order valence-corrected chi connectivity index (χ3v) is 4.05. The molecule has 2 fully saturated rings. The molecule has 2 aliphatic heterocycles. The monoisotopic (exact) mass is 299 g/mol. The van der Waals surface area contributed by atoms with Crippen molar-refractivity contribution in [2.24, 2.45) is 5.92 Å². The van der Waals surface area contributed by atoms with Crippen LogP contribution in [0.15, 0.2) is 0 Å². The zero-order valence-electron chi connectivity index (χ0n) is 12.0. The second kappa shape index (κ2) is 6.75. The molecule has 0 radical (unpaired) electrons. The number of amides is 3. The van der Waals surface area contributed by atoms with Gasteiger partial charge in [0, 0.05) is 25.8 Å². The minimum absolute atomic E-state index is 0.0623. The summed E-state index contributed by atoms with van der Waals surface area (Å²) in [5, 5.41) is 14.4. The first kappa shape index (κ1) is 15.6. The van der Waals surface area contributed by atoms with Crippen molar-refractivity contribution in [1.82, 2.24) is 15.5 Å². The Balaban J connectivity index is 1.96. The lowest BCUT2D eigenvalue weighted by Crippen LogP contribution is -2.62. The van der Waals surface area contributed by atoms with Gasteiger partial charge < -0.3 is 20.5 Å². The van der Waals surface area contributed by atoms with E-state index in [0.29, 0.717) is 19.1 Å². The molecule has 2 atom stereocenters. The number of carbonyl (C=O) groups excluding carboxylic acids is 2. The number of ether oxygens (including phenoxy) is 1.